The minimum atomic E-state index is -0.760. The van der Waals surface area contributed by atoms with Crippen LogP contribution >= 0.6 is 11.6 Å². The first kappa shape index (κ1) is 21.4. The normalized spacial score (nSPS) is 23.9. The highest BCUT2D eigenvalue weighted by atomic mass is 35.5. The molecule has 2 atom stereocenters. The van der Waals surface area contributed by atoms with Crippen LogP contribution < -0.4 is 20.7 Å². The van der Waals surface area contributed by atoms with Gasteiger partial charge in [-0.15, -0.1) is 0 Å². The number of rotatable bonds is 6. The molecule has 3 N–H and O–H groups in total. The number of nitrogens with one attached hydrogen (secondary N) is 3. The summed E-state index contributed by atoms with van der Waals surface area (Å²) in [6, 6.07) is 14.1. The number of amides is 1. The first-order chi connectivity index (χ1) is 15.6. The maximum absolute atomic E-state index is 13.9. The smallest absolute Gasteiger partial charge is 0.228 e. The Labute approximate surface area is 195 Å². The van der Waals surface area contributed by atoms with Gasteiger partial charge in [-0.1, -0.05) is 49.4 Å². The quantitative estimate of drug-likeness (QED) is 0.509. The van der Waals surface area contributed by atoms with E-state index < -0.39 is 5.66 Å². The van der Waals surface area contributed by atoms with E-state index in [0.29, 0.717) is 10.9 Å². The van der Waals surface area contributed by atoms with Crippen molar-refractivity contribution in [2.75, 3.05) is 17.7 Å². The lowest BCUT2D eigenvalue weighted by molar-refractivity contribution is -0.131. The number of hydrogen-bond acceptors (Lipinski definition) is 4. The van der Waals surface area contributed by atoms with Crippen molar-refractivity contribution in [2.24, 2.45) is 11.8 Å². The van der Waals surface area contributed by atoms with Gasteiger partial charge < -0.3 is 20.7 Å². The van der Waals surface area contributed by atoms with Gasteiger partial charge in [0, 0.05) is 17.1 Å². The van der Waals surface area contributed by atoms with E-state index in [1.54, 1.807) is 7.11 Å². The lowest BCUT2D eigenvalue weighted by Gasteiger charge is -2.45. The average Bonchev–Trinajstić information content (AvgIpc) is 3.16. The van der Waals surface area contributed by atoms with Crippen LogP contribution in [-0.4, -0.2) is 19.1 Å². The van der Waals surface area contributed by atoms with Gasteiger partial charge in [0.15, 0.2) is 0 Å². The number of hydrogen-bond donors (Lipinski definition) is 3. The minimum Gasteiger partial charge on any atom is -0.497 e. The number of fused-ring (bicyclic) bond motifs is 1. The molecule has 170 valence electrons. The molecule has 1 aliphatic heterocycles. The Morgan fingerprint density at radius 3 is 2.50 bits per heavy atom. The number of halogens is 1. The molecule has 2 aliphatic carbocycles. The summed E-state index contributed by atoms with van der Waals surface area (Å²) in [6.07, 6.45) is 9.11. The zero-order valence-corrected chi connectivity index (χ0v) is 19.4. The van der Waals surface area contributed by atoms with Gasteiger partial charge in [-0.3, -0.25) is 4.79 Å². The van der Waals surface area contributed by atoms with Crippen LogP contribution in [0.4, 0.5) is 11.4 Å². The number of methoxy groups -OCH3 is 1. The third-order valence-electron chi connectivity index (χ3n) is 7.49. The topological polar surface area (TPSA) is 62.4 Å². The van der Waals surface area contributed by atoms with Gasteiger partial charge in [0.1, 0.15) is 11.4 Å². The van der Waals surface area contributed by atoms with Gasteiger partial charge in [-0.2, -0.15) is 0 Å². The molecule has 6 heteroatoms. The maximum Gasteiger partial charge on any atom is 0.228 e. The van der Waals surface area contributed by atoms with Crippen molar-refractivity contribution in [1.29, 1.82) is 0 Å². The van der Waals surface area contributed by atoms with Crippen molar-refractivity contribution in [3.8, 4) is 5.75 Å². The zero-order chi connectivity index (χ0) is 22.1. The van der Waals surface area contributed by atoms with Crippen LogP contribution in [-0.2, 0) is 10.5 Å². The molecule has 0 saturated heterocycles. The fraction of sp³-hybridized carbons (Fsp3) is 0.500. The monoisotopic (exact) mass is 453 g/mol. The fourth-order valence-corrected chi connectivity index (χ4v) is 5.80. The Morgan fingerprint density at radius 1 is 1.03 bits per heavy atom. The summed E-state index contributed by atoms with van der Waals surface area (Å²) in [5.41, 5.74) is 2.14. The maximum atomic E-state index is 13.9. The van der Waals surface area contributed by atoms with Crippen molar-refractivity contribution in [2.45, 2.75) is 63.1 Å². The largest absolute Gasteiger partial charge is 0.497 e. The summed E-state index contributed by atoms with van der Waals surface area (Å²) in [5.74, 6) is 0.983. The molecule has 2 saturated carbocycles. The number of benzene rings is 2. The molecule has 2 unspecified atom stereocenters. The number of ether oxygens (including phenoxy) is 1. The average molecular weight is 454 g/mol. The van der Waals surface area contributed by atoms with E-state index in [-0.39, 0.29) is 17.9 Å². The predicted molar refractivity (Wildman–Crippen MR) is 129 cm³/mol. The second-order valence-electron chi connectivity index (χ2n) is 9.49. The van der Waals surface area contributed by atoms with Crippen LogP contribution in [0.15, 0.2) is 42.5 Å². The summed E-state index contributed by atoms with van der Waals surface area (Å²) >= 11 is 6.44. The van der Waals surface area contributed by atoms with Crippen molar-refractivity contribution in [3.63, 3.8) is 0 Å². The molecule has 2 fully saturated rings. The van der Waals surface area contributed by atoms with Crippen molar-refractivity contribution in [1.82, 2.24) is 5.32 Å². The van der Waals surface area contributed by atoms with E-state index in [4.69, 9.17) is 16.3 Å². The molecule has 5 nitrogen and oxygen atoms in total. The van der Waals surface area contributed by atoms with Gasteiger partial charge in [0.25, 0.3) is 0 Å². The third kappa shape index (κ3) is 3.92. The standard InChI is InChI=1S/C26H32ClN3O2/c1-32-21-13-14-22-23(16-21)30-26(29-22,18-9-6-10-19(27)15-18)24(17-7-5-8-17)25(31)28-20-11-3-2-4-12-20/h6,9-10,13-17,20,24,29-30H,2-5,7-8,11-12H2,1H3,(H,28,31). The molecule has 5 rings (SSSR count). The lowest BCUT2D eigenvalue weighted by atomic mass is 9.68. The van der Waals surface area contributed by atoms with E-state index in [1.807, 2.05) is 36.4 Å². The molecule has 3 aliphatic rings. The van der Waals surface area contributed by atoms with Crippen LogP contribution in [0.1, 0.15) is 56.9 Å². The number of anilines is 2. The molecule has 2 aromatic carbocycles. The van der Waals surface area contributed by atoms with E-state index in [1.165, 1.54) is 25.7 Å². The second-order valence-corrected chi connectivity index (χ2v) is 9.93. The predicted octanol–water partition coefficient (Wildman–Crippen LogP) is 5.90. The van der Waals surface area contributed by atoms with E-state index in [0.717, 1.165) is 48.4 Å². The highest BCUT2D eigenvalue weighted by molar-refractivity contribution is 6.30. The Balaban J connectivity index is 1.55. The van der Waals surface area contributed by atoms with Gasteiger partial charge >= 0.3 is 0 Å². The molecule has 1 amide bonds. The second kappa shape index (κ2) is 8.86. The molecule has 0 radical (unpaired) electrons. The molecule has 0 spiro atoms. The Bertz CT molecular complexity index is 987. The van der Waals surface area contributed by atoms with Gasteiger partial charge in [0.2, 0.25) is 5.91 Å². The summed E-state index contributed by atoms with van der Waals surface area (Å²) in [6.45, 7) is 0. The number of carbonyl (C=O) groups excluding carboxylic acids is 1. The highest BCUT2D eigenvalue weighted by Gasteiger charge is 2.53. The van der Waals surface area contributed by atoms with Crippen molar-refractivity contribution >= 4 is 28.9 Å². The summed E-state index contributed by atoms with van der Waals surface area (Å²) < 4.78 is 5.45. The van der Waals surface area contributed by atoms with E-state index >= 15 is 0 Å². The third-order valence-corrected chi connectivity index (χ3v) is 7.73. The molecule has 0 bridgehead atoms. The molecular formula is C26H32ClN3O2. The van der Waals surface area contributed by atoms with Crippen molar-refractivity contribution < 1.29 is 9.53 Å². The molecular weight excluding hydrogens is 422 g/mol. The van der Waals surface area contributed by atoms with E-state index in [2.05, 4.69) is 22.0 Å². The van der Waals surface area contributed by atoms with Crippen LogP contribution in [0, 0.1) is 11.8 Å². The molecule has 0 aromatic heterocycles. The minimum absolute atomic E-state index is 0.140. The van der Waals surface area contributed by atoms with Crippen LogP contribution in [0.3, 0.4) is 0 Å². The summed E-state index contributed by atoms with van der Waals surface area (Å²) in [5, 5.41) is 11.5. The Kier molecular flexibility index (Phi) is 5.93. The van der Waals surface area contributed by atoms with E-state index in [9.17, 15) is 4.79 Å². The van der Waals surface area contributed by atoms with Crippen LogP contribution in [0.2, 0.25) is 5.02 Å². The lowest BCUT2D eigenvalue weighted by Crippen LogP contribution is -2.57. The Morgan fingerprint density at radius 2 is 1.81 bits per heavy atom. The van der Waals surface area contributed by atoms with Gasteiger partial charge in [0.05, 0.1) is 24.4 Å². The zero-order valence-electron chi connectivity index (χ0n) is 18.6. The Hall–Kier alpha value is -2.40. The van der Waals surface area contributed by atoms with Crippen LogP contribution in [0.5, 0.6) is 5.75 Å². The summed E-state index contributed by atoms with van der Waals surface area (Å²) in [7, 11) is 1.67. The molecule has 1 heterocycles. The molecule has 32 heavy (non-hydrogen) atoms. The molecule has 2 aromatic rings. The SMILES string of the molecule is COc1ccc2c(c1)NC(c1cccc(Cl)c1)(C(C(=O)NC1CCCCC1)C1CCC1)N2. The fourth-order valence-electron chi connectivity index (χ4n) is 5.61. The first-order valence-corrected chi connectivity index (χ1v) is 12.3. The van der Waals surface area contributed by atoms with Crippen molar-refractivity contribution in [3.05, 3.63) is 53.1 Å². The summed E-state index contributed by atoms with van der Waals surface area (Å²) in [4.78, 5) is 13.9. The van der Waals surface area contributed by atoms with Gasteiger partial charge in [-0.05, 0) is 61.4 Å². The number of carbonyl (C=O) groups is 1. The highest BCUT2D eigenvalue weighted by Crippen LogP contribution is 2.51. The van der Waals surface area contributed by atoms with Gasteiger partial charge in [-0.25, -0.2) is 0 Å². The first-order valence-electron chi connectivity index (χ1n) is 11.9. The van der Waals surface area contributed by atoms with Crippen LogP contribution in [0.25, 0.3) is 0 Å².